The van der Waals surface area contributed by atoms with Gasteiger partial charge < -0.3 is 15.2 Å². The average Bonchev–Trinajstić information content (AvgIpc) is 3.10. The van der Waals surface area contributed by atoms with Crippen LogP contribution in [-0.4, -0.2) is 43.1 Å². The number of thiophene rings is 1. The van der Waals surface area contributed by atoms with Crippen molar-refractivity contribution in [1.82, 2.24) is 19.7 Å². The zero-order valence-electron chi connectivity index (χ0n) is 16.3. The van der Waals surface area contributed by atoms with E-state index in [1.807, 2.05) is 19.9 Å². The molecule has 1 atom stereocenters. The van der Waals surface area contributed by atoms with E-state index in [1.54, 1.807) is 22.9 Å². The lowest BCUT2D eigenvalue weighted by Gasteiger charge is -2.30. The molecule has 0 aliphatic carbocycles. The molecule has 0 spiro atoms. The highest BCUT2D eigenvalue weighted by molar-refractivity contribution is 7.19. The summed E-state index contributed by atoms with van der Waals surface area (Å²) in [5.74, 6) is 1.29. The van der Waals surface area contributed by atoms with Crippen LogP contribution in [0.2, 0.25) is 0 Å². The molecule has 0 saturated carbocycles. The van der Waals surface area contributed by atoms with Gasteiger partial charge in [0.2, 0.25) is 0 Å². The number of ether oxygens (including phenoxy) is 1. The van der Waals surface area contributed by atoms with Crippen molar-refractivity contribution in [3.8, 4) is 5.95 Å². The first-order chi connectivity index (χ1) is 12.7. The smallest absolute Gasteiger partial charge is 0.254 e. The number of aryl methyl sites for hydroxylation is 2. The van der Waals surface area contributed by atoms with E-state index >= 15 is 0 Å². The van der Waals surface area contributed by atoms with E-state index in [4.69, 9.17) is 14.7 Å². The molecule has 0 fully saturated rings. The van der Waals surface area contributed by atoms with Crippen LogP contribution in [0.1, 0.15) is 42.6 Å². The zero-order chi connectivity index (χ0) is 19.3. The number of nitrogens with one attached hydrogen (secondary N) is 1. The molecule has 0 bridgehead atoms. The molecule has 1 aliphatic rings. The Morgan fingerprint density at radius 1 is 1.37 bits per heavy atom. The van der Waals surface area contributed by atoms with Crippen molar-refractivity contribution in [2.24, 2.45) is 0 Å². The standard InChI is InChI=1S/C19H25N5O2S/c1-10-6-11(2)24(23-10)18-21-16(20-8-12(3)25)15-13-7-19(4,5)26-9-14(13)27-17(15)22-18/h6,12,25H,7-9H2,1-5H3,(H,20,21,22)/t12-/m0/s1. The minimum absolute atomic E-state index is 0.211. The highest BCUT2D eigenvalue weighted by Crippen LogP contribution is 2.41. The van der Waals surface area contributed by atoms with Crippen LogP contribution in [0.3, 0.4) is 0 Å². The third-order valence-corrected chi connectivity index (χ3v) is 5.78. The second-order valence-corrected chi connectivity index (χ2v) is 8.93. The number of anilines is 1. The van der Waals surface area contributed by atoms with Gasteiger partial charge in [-0.2, -0.15) is 15.1 Å². The van der Waals surface area contributed by atoms with Crippen molar-refractivity contribution in [3.63, 3.8) is 0 Å². The topological polar surface area (TPSA) is 85.1 Å². The molecule has 8 heteroatoms. The molecule has 1 aliphatic heterocycles. The molecule has 4 heterocycles. The van der Waals surface area contributed by atoms with Crippen LogP contribution < -0.4 is 5.32 Å². The van der Waals surface area contributed by atoms with Gasteiger partial charge in [-0.25, -0.2) is 4.68 Å². The molecule has 0 saturated heterocycles. The summed E-state index contributed by atoms with van der Waals surface area (Å²) in [5, 5.41) is 18.6. The Morgan fingerprint density at radius 2 is 2.15 bits per heavy atom. The number of aliphatic hydroxyl groups is 1. The van der Waals surface area contributed by atoms with Crippen LogP contribution in [0.25, 0.3) is 16.2 Å². The Morgan fingerprint density at radius 3 is 2.81 bits per heavy atom. The molecule has 0 amide bonds. The van der Waals surface area contributed by atoms with Crippen LogP contribution in [-0.2, 0) is 17.8 Å². The summed E-state index contributed by atoms with van der Waals surface area (Å²) < 4.78 is 7.75. The van der Waals surface area contributed by atoms with Crippen molar-refractivity contribution in [2.45, 2.75) is 59.4 Å². The number of nitrogens with zero attached hydrogens (tertiary/aromatic N) is 4. The van der Waals surface area contributed by atoms with Gasteiger partial charge in [-0.1, -0.05) is 0 Å². The van der Waals surface area contributed by atoms with E-state index < -0.39 is 6.10 Å². The van der Waals surface area contributed by atoms with E-state index in [2.05, 4.69) is 24.3 Å². The molecule has 27 heavy (non-hydrogen) atoms. The van der Waals surface area contributed by atoms with E-state index in [0.29, 0.717) is 19.1 Å². The van der Waals surface area contributed by atoms with E-state index in [-0.39, 0.29) is 5.60 Å². The summed E-state index contributed by atoms with van der Waals surface area (Å²) >= 11 is 1.65. The van der Waals surface area contributed by atoms with Gasteiger partial charge in [0.25, 0.3) is 5.95 Å². The maximum Gasteiger partial charge on any atom is 0.254 e. The van der Waals surface area contributed by atoms with E-state index in [9.17, 15) is 5.11 Å². The molecule has 3 aromatic heterocycles. The highest BCUT2D eigenvalue weighted by atomic mass is 32.1. The second-order valence-electron chi connectivity index (χ2n) is 7.85. The average molecular weight is 388 g/mol. The van der Waals surface area contributed by atoms with Crippen molar-refractivity contribution in [2.75, 3.05) is 11.9 Å². The Hall–Kier alpha value is -2.03. The van der Waals surface area contributed by atoms with Gasteiger partial charge in [0.1, 0.15) is 10.6 Å². The number of fused-ring (bicyclic) bond motifs is 3. The Labute approximate surface area is 162 Å². The maximum absolute atomic E-state index is 9.75. The Bertz CT molecular complexity index is 1010. The van der Waals surface area contributed by atoms with E-state index in [0.717, 1.165) is 33.8 Å². The number of rotatable bonds is 4. The molecular formula is C19H25N5O2S. The summed E-state index contributed by atoms with van der Waals surface area (Å²) in [6.45, 7) is 10.9. The van der Waals surface area contributed by atoms with Crippen molar-refractivity contribution in [3.05, 3.63) is 27.9 Å². The van der Waals surface area contributed by atoms with Gasteiger partial charge in [0.15, 0.2) is 0 Å². The summed E-state index contributed by atoms with van der Waals surface area (Å²) in [5.41, 5.74) is 2.95. The van der Waals surface area contributed by atoms with Crippen molar-refractivity contribution >= 4 is 27.4 Å². The van der Waals surface area contributed by atoms with Gasteiger partial charge in [0, 0.05) is 23.5 Å². The van der Waals surface area contributed by atoms with Gasteiger partial charge in [-0.3, -0.25) is 0 Å². The SMILES string of the molecule is Cc1cc(C)n(-c2nc(NC[C@H](C)O)c3c4c(sc3n2)COC(C)(C)C4)n1. The van der Waals surface area contributed by atoms with Gasteiger partial charge in [-0.05, 0) is 46.2 Å². The quantitative estimate of drug-likeness (QED) is 0.715. The molecule has 3 aromatic rings. The maximum atomic E-state index is 9.75. The molecule has 2 N–H and O–H groups in total. The molecule has 0 radical (unpaired) electrons. The minimum Gasteiger partial charge on any atom is -0.392 e. The molecule has 144 valence electrons. The normalized spacial score (nSPS) is 17.1. The first-order valence-corrected chi connectivity index (χ1v) is 9.97. The molecular weight excluding hydrogens is 362 g/mol. The number of hydrogen-bond donors (Lipinski definition) is 2. The van der Waals surface area contributed by atoms with Crippen LogP contribution in [0.15, 0.2) is 6.07 Å². The van der Waals surface area contributed by atoms with Crippen LogP contribution in [0, 0.1) is 13.8 Å². The zero-order valence-corrected chi connectivity index (χ0v) is 17.1. The third kappa shape index (κ3) is 3.44. The lowest BCUT2D eigenvalue weighted by molar-refractivity contribution is -0.0379. The van der Waals surface area contributed by atoms with Gasteiger partial charge >= 0.3 is 0 Å². The molecule has 0 unspecified atom stereocenters. The summed E-state index contributed by atoms with van der Waals surface area (Å²) in [4.78, 5) is 11.7. The fourth-order valence-corrected chi connectivity index (χ4v) is 4.53. The number of aliphatic hydroxyl groups excluding tert-OH is 1. The lowest BCUT2D eigenvalue weighted by Crippen LogP contribution is -2.31. The van der Waals surface area contributed by atoms with Gasteiger partial charge in [-0.15, -0.1) is 11.3 Å². The number of aromatic nitrogens is 4. The van der Waals surface area contributed by atoms with E-state index in [1.165, 1.54) is 10.4 Å². The highest BCUT2D eigenvalue weighted by Gasteiger charge is 2.31. The fraction of sp³-hybridized carbons (Fsp3) is 0.526. The lowest BCUT2D eigenvalue weighted by atomic mass is 9.94. The van der Waals surface area contributed by atoms with Crippen LogP contribution in [0.5, 0.6) is 0 Å². The summed E-state index contributed by atoms with van der Waals surface area (Å²) in [6.07, 6.45) is 0.343. The summed E-state index contributed by atoms with van der Waals surface area (Å²) in [7, 11) is 0. The molecule has 7 nitrogen and oxygen atoms in total. The molecule has 0 aromatic carbocycles. The van der Waals surface area contributed by atoms with Crippen molar-refractivity contribution in [1.29, 1.82) is 0 Å². The predicted octanol–water partition coefficient (Wildman–Crippen LogP) is 3.14. The summed E-state index contributed by atoms with van der Waals surface area (Å²) in [6, 6.07) is 2.01. The largest absolute Gasteiger partial charge is 0.392 e. The van der Waals surface area contributed by atoms with Crippen LogP contribution >= 0.6 is 11.3 Å². The first-order valence-electron chi connectivity index (χ1n) is 9.15. The van der Waals surface area contributed by atoms with Crippen LogP contribution in [0.4, 0.5) is 5.82 Å². The Kier molecular flexibility index (Phi) is 4.44. The number of hydrogen-bond acceptors (Lipinski definition) is 7. The predicted molar refractivity (Wildman–Crippen MR) is 107 cm³/mol. The Balaban J connectivity index is 1.90. The van der Waals surface area contributed by atoms with Gasteiger partial charge in [0.05, 0.1) is 29.4 Å². The second kappa shape index (κ2) is 6.54. The monoisotopic (exact) mass is 387 g/mol. The fourth-order valence-electron chi connectivity index (χ4n) is 3.43. The van der Waals surface area contributed by atoms with Crippen molar-refractivity contribution < 1.29 is 9.84 Å². The first kappa shape index (κ1) is 18.3. The minimum atomic E-state index is -0.471. The molecule has 4 rings (SSSR count). The third-order valence-electron chi connectivity index (χ3n) is 4.68.